The molecule has 47 heavy (non-hydrogen) atoms. The van der Waals surface area contributed by atoms with Crippen molar-refractivity contribution in [3.8, 4) is 0 Å². The van der Waals surface area contributed by atoms with Gasteiger partial charge >= 0.3 is 0 Å². The van der Waals surface area contributed by atoms with E-state index >= 15 is 0 Å². The van der Waals surface area contributed by atoms with Crippen LogP contribution in [0.3, 0.4) is 0 Å². The van der Waals surface area contributed by atoms with E-state index in [1.165, 1.54) is 0 Å². The fourth-order valence-corrected chi connectivity index (χ4v) is 6.97. The van der Waals surface area contributed by atoms with Crippen LogP contribution in [0.2, 0.25) is 0 Å². The normalized spacial score (nSPS) is 16.1. The largest absolute Gasteiger partial charge is 0.394 e. The molecule has 0 spiro atoms. The summed E-state index contributed by atoms with van der Waals surface area (Å²) in [6, 6.07) is 0. The minimum atomic E-state index is -1.23. The Morgan fingerprint density at radius 2 is 0.638 bits per heavy atom. The summed E-state index contributed by atoms with van der Waals surface area (Å²) in [5.74, 6) is 0. The standard InChI is InChI=1S/C38H78O9/c1-3-5-7-21-27-37(33(41)31-39,29-23-17-13-9-11-15-19-25-35(43)44)47-38(34(42)32-40,28-22-8-6-4-2)30-24-18-14-10-12-16-20-26-36(45)46/h33-36,39-46H,3-32H2,1-2H3. The maximum Gasteiger partial charge on any atom is 0.151 e. The van der Waals surface area contributed by atoms with E-state index in [0.717, 1.165) is 141 Å². The molecule has 0 aliphatic heterocycles. The highest BCUT2D eigenvalue weighted by atomic mass is 16.6. The summed E-state index contributed by atoms with van der Waals surface area (Å²) in [6.07, 6.45) is 20.0. The van der Waals surface area contributed by atoms with E-state index in [0.29, 0.717) is 38.5 Å². The number of aliphatic hydroxyl groups is 8. The molecule has 9 heteroatoms. The molecular formula is C38H78O9. The molecule has 284 valence electrons. The van der Waals surface area contributed by atoms with Crippen LogP contribution in [0.25, 0.3) is 0 Å². The van der Waals surface area contributed by atoms with Crippen LogP contribution >= 0.6 is 0 Å². The van der Waals surface area contributed by atoms with Gasteiger partial charge in [0.05, 0.1) is 24.4 Å². The van der Waals surface area contributed by atoms with E-state index < -0.39 is 49.2 Å². The molecule has 4 atom stereocenters. The van der Waals surface area contributed by atoms with Gasteiger partial charge in [0.1, 0.15) is 12.2 Å². The van der Waals surface area contributed by atoms with Crippen molar-refractivity contribution in [2.24, 2.45) is 0 Å². The van der Waals surface area contributed by atoms with Crippen LogP contribution in [0, 0.1) is 0 Å². The molecule has 0 aliphatic rings. The van der Waals surface area contributed by atoms with Gasteiger partial charge in [0.15, 0.2) is 12.6 Å². The van der Waals surface area contributed by atoms with Gasteiger partial charge in [-0.15, -0.1) is 0 Å². The Hall–Kier alpha value is -0.360. The SMILES string of the molecule is CCCCCCC(CCCCCCCCCC(O)O)(OC(CCCCCC)(CCCCCCCCCC(O)O)C(O)CO)C(O)CO. The molecule has 0 bridgehead atoms. The summed E-state index contributed by atoms with van der Waals surface area (Å²) in [5.41, 5.74) is -2.03. The number of aliphatic hydroxyl groups excluding tert-OH is 6. The van der Waals surface area contributed by atoms with E-state index in [-0.39, 0.29) is 0 Å². The Morgan fingerprint density at radius 1 is 0.383 bits per heavy atom. The first-order chi connectivity index (χ1) is 22.6. The molecule has 9 nitrogen and oxygen atoms in total. The van der Waals surface area contributed by atoms with Crippen molar-refractivity contribution in [1.29, 1.82) is 0 Å². The first-order valence-corrected chi connectivity index (χ1v) is 19.6. The highest BCUT2D eigenvalue weighted by Gasteiger charge is 2.48. The number of ether oxygens (including phenoxy) is 1. The molecule has 0 aromatic heterocycles. The van der Waals surface area contributed by atoms with Crippen LogP contribution in [-0.4, -0.2) is 90.1 Å². The molecule has 0 amide bonds. The minimum absolute atomic E-state index is 0.411. The van der Waals surface area contributed by atoms with E-state index in [4.69, 9.17) is 25.2 Å². The van der Waals surface area contributed by atoms with Gasteiger partial charge in [-0.05, 0) is 51.4 Å². The zero-order valence-corrected chi connectivity index (χ0v) is 30.5. The lowest BCUT2D eigenvalue weighted by Gasteiger charge is -2.48. The first kappa shape index (κ1) is 46.6. The predicted octanol–water partition coefficient (Wildman–Crippen LogP) is 6.77. The van der Waals surface area contributed by atoms with Crippen molar-refractivity contribution in [2.45, 2.75) is 230 Å². The fourth-order valence-electron chi connectivity index (χ4n) is 6.97. The van der Waals surface area contributed by atoms with Crippen LogP contribution in [0.4, 0.5) is 0 Å². The number of unbranched alkanes of at least 4 members (excludes halogenated alkanes) is 18. The van der Waals surface area contributed by atoms with Gasteiger partial charge in [-0.1, -0.05) is 142 Å². The molecule has 0 saturated heterocycles. The van der Waals surface area contributed by atoms with Crippen molar-refractivity contribution >= 4 is 0 Å². The highest BCUT2D eigenvalue weighted by molar-refractivity contribution is 4.97. The maximum absolute atomic E-state index is 11.5. The number of hydrogen-bond donors (Lipinski definition) is 8. The minimum Gasteiger partial charge on any atom is -0.394 e. The second-order valence-electron chi connectivity index (χ2n) is 14.2. The van der Waals surface area contributed by atoms with E-state index in [1.807, 2.05) is 0 Å². The lowest BCUT2D eigenvalue weighted by molar-refractivity contribution is -0.253. The lowest BCUT2D eigenvalue weighted by atomic mass is 9.79. The molecule has 0 rings (SSSR count). The average Bonchev–Trinajstić information content (AvgIpc) is 3.05. The van der Waals surface area contributed by atoms with Gasteiger partial charge in [-0.2, -0.15) is 0 Å². The van der Waals surface area contributed by atoms with Crippen LogP contribution < -0.4 is 0 Å². The third-order valence-electron chi connectivity index (χ3n) is 10.00. The fraction of sp³-hybridized carbons (Fsp3) is 1.00. The Kier molecular flexibility index (Phi) is 30.2. The molecule has 0 radical (unpaired) electrons. The molecule has 4 unspecified atom stereocenters. The Balaban J connectivity index is 5.77. The zero-order valence-electron chi connectivity index (χ0n) is 30.5. The van der Waals surface area contributed by atoms with E-state index in [2.05, 4.69) is 13.8 Å². The molecule has 0 aliphatic carbocycles. The van der Waals surface area contributed by atoms with Crippen molar-refractivity contribution < 1.29 is 45.6 Å². The summed E-state index contributed by atoms with van der Waals surface area (Å²) in [7, 11) is 0. The molecule has 0 saturated carbocycles. The molecule has 0 aromatic carbocycles. The van der Waals surface area contributed by atoms with Gasteiger partial charge in [0.2, 0.25) is 0 Å². The Morgan fingerprint density at radius 3 is 0.894 bits per heavy atom. The van der Waals surface area contributed by atoms with Crippen LogP contribution in [0.15, 0.2) is 0 Å². The van der Waals surface area contributed by atoms with E-state index in [9.17, 15) is 20.4 Å². The Labute approximate surface area is 288 Å². The van der Waals surface area contributed by atoms with Crippen molar-refractivity contribution in [3.63, 3.8) is 0 Å². The number of hydrogen-bond acceptors (Lipinski definition) is 9. The monoisotopic (exact) mass is 679 g/mol. The van der Waals surface area contributed by atoms with Crippen LogP contribution in [0.5, 0.6) is 0 Å². The van der Waals surface area contributed by atoms with Crippen LogP contribution in [0.1, 0.15) is 194 Å². The molecule has 0 aromatic rings. The third-order valence-corrected chi connectivity index (χ3v) is 10.00. The second-order valence-corrected chi connectivity index (χ2v) is 14.2. The highest BCUT2D eigenvalue weighted by Crippen LogP contribution is 2.41. The number of rotatable bonds is 36. The average molecular weight is 679 g/mol. The van der Waals surface area contributed by atoms with Gasteiger partial charge in [0.25, 0.3) is 0 Å². The van der Waals surface area contributed by atoms with Gasteiger partial charge in [-0.25, -0.2) is 0 Å². The van der Waals surface area contributed by atoms with E-state index in [1.54, 1.807) is 0 Å². The van der Waals surface area contributed by atoms with Gasteiger partial charge in [0, 0.05) is 0 Å². The maximum atomic E-state index is 11.5. The first-order valence-electron chi connectivity index (χ1n) is 19.6. The molecule has 0 fully saturated rings. The van der Waals surface area contributed by atoms with Gasteiger partial charge in [-0.3, -0.25) is 0 Å². The molecule has 0 heterocycles. The Bertz CT molecular complexity index is 611. The smallest absolute Gasteiger partial charge is 0.151 e. The topological polar surface area (TPSA) is 171 Å². The predicted molar refractivity (Wildman–Crippen MR) is 190 cm³/mol. The van der Waals surface area contributed by atoms with Crippen molar-refractivity contribution in [3.05, 3.63) is 0 Å². The second kappa shape index (κ2) is 30.5. The van der Waals surface area contributed by atoms with Crippen molar-refractivity contribution in [1.82, 2.24) is 0 Å². The van der Waals surface area contributed by atoms with Gasteiger partial charge < -0.3 is 45.6 Å². The summed E-state index contributed by atoms with van der Waals surface area (Å²) < 4.78 is 7.14. The molecular weight excluding hydrogens is 600 g/mol. The summed E-state index contributed by atoms with van der Waals surface area (Å²) >= 11 is 0. The quantitative estimate of drug-likeness (QED) is 0.0263. The van der Waals surface area contributed by atoms with Crippen molar-refractivity contribution in [2.75, 3.05) is 13.2 Å². The summed E-state index contributed by atoms with van der Waals surface area (Å²) in [5, 5.41) is 79.8. The summed E-state index contributed by atoms with van der Waals surface area (Å²) in [6.45, 7) is 3.49. The lowest BCUT2D eigenvalue weighted by Crippen LogP contribution is -2.58. The van der Waals surface area contributed by atoms with Crippen LogP contribution in [-0.2, 0) is 4.74 Å². The third kappa shape index (κ3) is 22.9. The zero-order chi connectivity index (χ0) is 35.2. The summed E-state index contributed by atoms with van der Waals surface area (Å²) in [4.78, 5) is 0. The molecule has 8 N–H and O–H groups in total.